The third kappa shape index (κ3) is 5.03. The van der Waals surface area contributed by atoms with E-state index in [0.717, 1.165) is 31.4 Å². The molecule has 6 heteroatoms. The van der Waals surface area contributed by atoms with Crippen LogP contribution < -0.4 is 0 Å². The Balaban J connectivity index is 1.44. The van der Waals surface area contributed by atoms with E-state index in [1.54, 1.807) is 4.31 Å². The zero-order chi connectivity index (χ0) is 21.8. The summed E-state index contributed by atoms with van der Waals surface area (Å²) in [5.41, 5.74) is 4.89. The fraction of sp³-hybridized carbons (Fsp3) is 0.440. The van der Waals surface area contributed by atoms with Crippen LogP contribution in [-0.4, -0.2) is 61.6 Å². The number of fused-ring (bicyclic) bond motifs is 1. The van der Waals surface area contributed by atoms with Crippen LogP contribution in [0, 0.1) is 0 Å². The number of hydrogen-bond donors (Lipinski definition) is 1. The molecule has 0 atom stereocenters. The van der Waals surface area contributed by atoms with Crippen LogP contribution in [0.3, 0.4) is 0 Å². The van der Waals surface area contributed by atoms with E-state index < -0.39 is 10.0 Å². The largest absolute Gasteiger partial charge is 0.361 e. The predicted molar refractivity (Wildman–Crippen MR) is 129 cm³/mol. The molecule has 0 bridgehead atoms. The van der Waals surface area contributed by atoms with Gasteiger partial charge in [-0.05, 0) is 74.1 Å². The molecule has 166 valence electrons. The van der Waals surface area contributed by atoms with Gasteiger partial charge in [0.05, 0.1) is 5.75 Å². The molecule has 5 nitrogen and oxygen atoms in total. The molecule has 31 heavy (non-hydrogen) atoms. The van der Waals surface area contributed by atoms with Gasteiger partial charge in [-0.2, -0.15) is 0 Å². The van der Waals surface area contributed by atoms with Crippen LogP contribution in [0.25, 0.3) is 22.0 Å². The van der Waals surface area contributed by atoms with Gasteiger partial charge in [0, 0.05) is 30.2 Å². The second kappa shape index (κ2) is 9.55. The highest BCUT2D eigenvalue weighted by molar-refractivity contribution is 7.89. The molecule has 1 N–H and O–H groups in total. The van der Waals surface area contributed by atoms with Crippen molar-refractivity contribution < 1.29 is 8.42 Å². The molecule has 0 saturated carbocycles. The number of sulfonamides is 1. The SMILES string of the molecule is CCN(C)CCCS(=O)(=O)N1CCC(c2c[nH]c3ccc(-c4ccccc4)cc23)CC1. The Morgan fingerprint density at radius 2 is 1.81 bits per heavy atom. The molecular weight excluding hydrogens is 406 g/mol. The molecule has 2 heterocycles. The standard InChI is InChI=1S/C25H33N3O2S/c1-3-27(2)14-7-17-31(29,30)28-15-12-21(13-16-28)24-19-26-25-11-10-22(18-23(24)25)20-8-5-4-6-9-20/h4-6,8-11,18-19,21,26H,3,7,12-17H2,1-2H3. The predicted octanol–water partition coefficient (Wildman–Crippen LogP) is 4.69. The Morgan fingerprint density at radius 3 is 2.52 bits per heavy atom. The minimum absolute atomic E-state index is 0.246. The lowest BCUT2D eigenvalue weighted by molar-refractivity contribution is 0.317. The smallest absolute Gasteiger partial charge is 0.214 e. The summed E-state index contributed by atoms with van der Waals surface area (Å²) in [6, 6.07) is 17.0. The van der Waals surface area contributed by atoms with Crippen LogP contribution in [-0.2, 0) is 10.0 Å². The molecule has 1 fully saturated rings. The van der Waals surface area contributed by atoms with Gasteiger partial charge < -0.3 is 9.88 Å². The molecule has 2 aromatic carbocycles. The maximum absolute atomic E-state index is 12.8. The lowest BCUT2D eigenvalue weighted by Crippen LogP contribution is -2.39. The number of piperidine rings is 1. The number of nitrogens with one attached hydrogen (secondary N) is 1. The highest BCUT2D eigenvalue weighted by Gasteiger charge is 2.29. The number of rotatable bonds is 8. The topological polar surface area (TPSA) is 56.4 Å². The second-order valence-corrected chi connectivity index (χ2v) is 10.7. The second-order valence-electron chi connectivity index (χ2n) is 8.61. The van der Waals surface area contributed by atoms with E-state index in [1.807, 2.05) is 13.1 Å². The summed E-state index contributed by atoms with van der Waals surface area (Å²) in [6.45, 7) is 5.09. The molecule has 3 aromatic rings. The first-order chi connectivity index (χ1) is 15.0. The Bertz CT molecular complexity index is 1100. The van der Waals surface area contributed by atoms with E-state index in [1.165, 1.54) is 22.1 Å². The summed E-state index contributed by atoms with van der Waals surface area (Å²) >= 11 is 0. The van der Waals surface area contributed by atoms with Crippen molar-refractivity contribution >= 4 is 20.9 Å². The van der Waals surface area contributed by atoms with Gasteiger partial charge in [-0.25, -0.2) is 12.7 Å². The lowest BCUT2D eigenvalue weighted by Gasteiger charge is -2.31. The van der Waals surface area contributed by atoms with Crippen molar-refractivity contribution in [2.24, 2.45) is 0 Å². The minimum Gasteiger partial charge on any atom is -0.361 e. The first kappa shape index (κ1) is 22.1. The van der Waals surface area contributed by atoms with Gasteiger partial charge in [0.15, 0.2) is 0 Å². The zero-order valence-corrected chi connectivity index (χ0v) is 19.4. The Morgan fingerprint density at radius 1 is 1.06 bits per heavy atom. The van der Waals surface area contributed by atoms with Crippen LogP contribution in [0.5, 0.6) is 0 Å². The van der Waals surface area contributed by atoms with Gasteiger partial charge in [-0.1, -0.05) is 43.3 Å². The van der Waals surface area contributed by atoms with E-state index in [0.29, 0.717) is 25.4 Å². The van der Waals surface area contributed by atoms with Crippen LogP contribution in [0.15, 0.2) is 54.7 Å². The molecule has 1 aliphatic heterocycles. The van der Waals surface area contributed by atoms with Crippen LogP contribution >= 0.6 is 0 Å². The van der Waals surface area contributed by atoms with E-state index in [-0.39, 0.29) is 5.75 Å². The zero-order valence-electron chi connectivity index (χ0n) is 18.5. The fourth-order valence-corrected chi connectivity index (χ4v) is 6.06. The van der Waals surface area contributed by atoms with E-state index >= 15 is 0 Å². The molecule has 1 aliphatic rings. The van der Waals surface area contributed by atoms with Crippen molar-refractivity contribution in [1.82, 2.24) is 14.2 Å². The third-order valence-corrected chi connectivity index (χ3v) is 8.55. The third-order valence-electron chi connectivity index (χ3n) is 6.59. The number of aromatic amines is 1. The summed E-state index contributed by atoms with van der Waals surface area (Å²) in [6.07, 6.45) is 4.55. The average molecular weight is 440 g/mol. The summed E-state index contributed by atoms with van der Waals surface area (Å²) in [5.74, 6) is 0.632. The number of hydrogen-bond acceptors (Lipinski definition) is 3. The first-order valence-electron chi connectivity index (χ1n) is 11.3. The molecular formula is C25H33N3O2S. The van der Waals surface area contributed by atoms with Crippen LogP contribution in [0.1, 0.15) is 37.7 Å². The maximum Gasteiger partial charge on any atom is 0.214 e. The summed E-state index contributed by atoms with van der Waals surface area (Å²) < 4.78 is 27.2. The maximum atomic E-state index is 12.8. The first-order valence-corrected chi connectivity index (χ1v) is 12.9. The quantitative estimate of drug-likeness (QED) is 0.554. The van der Waals surface area contributed by atoms with Gasteiger partial charge in [0.25, 0.3) is 0 Å². The van der Waals surface area contributed by atoms with Gasteiger partial charge in [0.1, 0.15) is 0 Å². The van der Waals surface area contributed by atoms with Crippen LogP contribution in [0.2, 0.25) is 0 Å². The van der Waals surface area contributed by atoms with Crippen molar-refractivity contribution in [3.63, 3.8) is 0 Å². The lowest BCUT2D eigenvalue weighted by atomic mass is 9.89. The highest BCUT2D eigenvalue weighted by atomic mass is 32.2. The van der Waals surface area contributed by atoms with Gasteiger partial charge in [-0.15, -0.1) is 0 Å². The minimum atomic E-state index is -3.17. The normalized spacial score (nSPS) is 16.4. The molecule has 1 saturated heterocycles. The Hall–Kier alpha value is -2.15. The number of H-pyrrole nitrogens is 1. The average Bonchev–Trinajstić information content (AvgIpc) is 3.23. The van der Waals surface area contributed by atoms with Gasteiger partial charge >= 0.3 is 0 Å². The molecule has 0 spiro atoms. The van der Waals surface area contributed by atoms with Crippen molar-refractivity contribution in [3.05, 3.63) is 60.3 Å². The van der Waals surface area contributed by atoms with Crippen molar-refractivity contribution in [1.29, 1.82) is 0 Å². The van der Waals surface area contributed by atoms with Crippen molar-refractivity contribution in [3.8, 4) is 11.1 Å². The number of nitrogens with zero attached hydrogens (tertiary/aromatic N) is 2. The fourth-order valence-electron chi connectivity index (χ4n) is 4.54. The number of benzene rings is 2. The molecule has 0 radical (unpaired) electrons. The highest BCUT2D eigenvalue weighted by Crippen LogP contribution is 2.35. The molecule has 0 unspecified atom stereocenters. The van der Waals surface area contributed by atoms with Crippen molar-refractivity contribution in [2.45, 2.75) is 32.1 Å². The summed E-state index contributed by atoms with van der Waals surface area (Å²) in [5, 5.41) is 1.25. The summed E-state index contributed by atoms with van der Waals surface area (Å²) in [4.78, 5) is 5.57. The van der Waals surface area contributed by atoms with E-state index in [4.69, 9.17) is 0 Å². The molecule has 0 aliphatic carbocycles. The van der Waals surface area contributed by atoms with Gasteiger partial charge in [0.2, 0.25) is 10.0 Å². The summed E-state index contributed by atoms with van der Waals surface area (Å²) in [7, 11) is -1.14. The molecule has 4 rings (SSSR count). The number of aromatic nitrogens is 1. The molecule has 1 aromatic heterocycles. The monoisotopic (exact) mass is 439 g/mol. The van der Waals surface area contributed by atoms with Gasteiger partial charge in [-0.3, -0.25) is 0 Å². The van der Waals surface area contributed by atoms with Crippen LogP contribution in [0.4, 0.5) is 0 Å². The molecule has 0 amide bonds. The Kier molecular flexibility index (Phi) is 6.80. The van der Waals surface area contributed by atoms with E-state index in [2.05, 4.69) is 65.5 Å². The van der Waals surface area contributed by atoms with Crippen molar-refractivity contribution in [2.75, 3.05) is 39.0 Å². The Labute approximate surface area is 186 Å². The van der Waals surface area contributed by atoms with E-state index in [9.17, 15) is 8.42 Å².